The topological polar surface area (TPSA) is 41.9 Å². The number of likely N-dealkylation sites (tertiary alicyclic amines) is 1. The summed E-state index contributed by atoms with van der Waals surface area (Å²) in [4.78, 5) is 2.45. The number of methoxy groups -OCH3 is 1. The maximum atomic E-state index is 9.82. The van der Waals surface area contributed by atoms with Gasteiger partial charge in [0.1, 0.15) is 5.75 Å². The van der Waals surface area contributed by atoms with Gasteiger partial charge in [-0.05, 0) is 49.8 Å². The monoisotopic (exact) mass is 333 g/mol. The molecule has 2 aliphatic rings. The van der Waals surface area contributed by atoms with Crippen molar-refractivity contribution in [2.45, 2.75) is 63.7 Å². The Morgan fingerprint density at radius 2 is 2.04 bits per heavy atom. The Labute approximate surface area is 145 Å². The molecule has 1 aliphatic heterocycles. The van der Waals surface area contributed by atoms with E-state index in [4.69, 9.17) is 9.47 Å². The van der Waals surface area contributed by atoms with E-state index in [1.165, 1.54) is 30.4 Å². The number of β-amino-alcohol motifs (C(OH)–C–C–N with tert-alkyl or cyclic N) is 1. The molecule has 3 atom stereocenters. The van der Waals surface area contributed by atoms with Gasteiger partial charge in [-0.15, -0.1) is 0 Å². The number of hydrogen-bond donors (Lipinski definition) is 1. The molecule has 1 aromatic rings. The average Bonchev–Trinajstić information content (AvgIpc) is 3.03. The molecule has 0 amide bonds. The lowest BCUT2D eigenvalue weighted by atomic mass is 9.91. The molecule has 24 heavy (non-hydrogen) atoms. The number of rotatable bonds is 6. The van der Waals surface area contributed by atoms with Gasteiger partial charge in [-0.2, -0.15) is 0 Å². The lowest BCUT2D eigenvalue weighted by Crippen LogP contribution is -2.46. The van der Waals surface area contributed by atoms with Crippen molar-refractivity contribution in [3.63, 3.8) is 0 Å². The van der Waals surface area contributed by atoms with Crippen molar-refractivity contribution in [1.82, 2.24) is 4.90 Å². The van der Waals surface area contributed by atoms with Gasteiger partial charge in [0.2, 0.25) is 0 Å². The summed E-state index contributed by atoms with van der Waals surface area (Å²) in [6.07, 6.45) is 6.89. The zero-order valence-electron chi connectivity index (χ0n) is 15.0. The van der Waals surface area contributed by atoms with Gasteiger partial charge < -0.3 is 14.6 Å². The van der Waals surface area contributed by atoms with Crippen LogP contribution in [0.3, 0.4) is 0 Å². The van der Waals surface area contributed by atoms with Crippen molar-refractivity contribution >= 4 is 0 Å². The fourth-order valence-electron chi connectivity index (χ4n) is 4.11. The third-order valence-corrected chi connectivity index (χ3v) is 5.53. The average molecular weight is 333 g/mol. The molecule has 1 heterocycles. The lowest BCUT2D eigenvalue weighted by Gasteiger charge is -2.37. The molecule has 1 unspecified atom stereocenters. The third-order valence-electron chi connectivity index (χ3n) is 5.53. The molecule has 1 N–H and O–H groups in total. The molecule has 2 fully saturated rings. The van der Waals surface area contributed by atoms with E-state index in [0.29, 0.717) is 12.1 Å². The van der Waals surface area contributed by atoms with Crippen molar-refractivity contribution in [2.24, 2.45) is 0 Å². The molecule has 1 saturated carbocycles. The molecule has 3 rings (SSSR count). The van der Waals surface area contributed by atoms with Crippen LogP contribution in [0.1, 0.15) is 43.2 Å². The van der Waals surface area contributed by atoms with Crippen LogP contribution in [0.25, 0.3) is 0 Å². The van der Waals surface area contributed by atoms with Crippen LogP contribution >= 0.6 is 0 Å². The summed E-state index contributed by atoms with van der Waals surface area (Å²) in [5, 5.41) is 9.82. The van der Waals surface area contributed by atoms with E-state index < -0.39 is 0 Å². The summed E-state index contributed by atoms with van der Waals surface area (Å²) >= 11 is 0. The first kappa shape index (κ1) is 17.7. The number of hydrogen-bond acceptors (Lipinski definition) is 4. The minimum atomic E-state index is -0.146. The van der Waals surface area contributed by atoms with Crippen LogP contribution in [0.5, 0.6) is 5.75 Å². The Hall–Kier alpha value is -1.10. The smallest absolute Gasteiger partial charge is 0.122 e. The van der Waals surface area contributed by atoms with E-state index in [1.807, 2.05) is 0 Å². The Bertz CT molecular complexity index is 534. The number of aliphatic hydroxyl groups is 1. The fourth-order valence-corrected chi connectivity index (χ4v) is 4.11. The Balaban J connectivity index is 1.52. The SMILES string of the molecule is COc1cc(CCO[C@H]2CCCCC2N2CC[C@H](O)C2)ccc1C. The first-order chi connectivity index (χ1) is 11.7. The maximum Gasteiger partial charge on any atom is 0.122 e. The number of aliphatic hydroxyl groups excluding tert-OH is 1. The van der Waals surface area contributed by atoms with Gasteiger partial charge in [-0.25, -0.2) is 0 Å². The van der Waals surface area contributed by atoms with Gasteiger partial charge in [-0.3, -0.25) is 4.90 Å². The van der Waals surface area contributed by atoms with Gasteiger partial charge in [-0.1, -0.05) is 25.0 Å². The van der Waals surface area contributed by atoms with Gasteiger partial charge in [0.25, 0.3) is 0 Å². The van der Waals surface area contributed by atoms with Crippen LogP contribution in [0.4, 0.5) is 0 Å². The molecule has 0 radical (unpaired) electrons. The lowest BCUT2D eigenvalue weighted by molar-refractivity contribution is -0.0316. The highest BCUT2D eigenvalue weighted by Crippen LogP contribution is 2.28. The minimum Gasteiger partial charge on any atom is -0.496 e. The molecule has 0 bridgehead atoms. The van der Waals surface area contributed by atoms with E-state index in [2.05, 4.69) is 30.0 Å². The second kappa shape index (κ2) is 8.32. The number of benzene rings is 1. The van der Waals surface area contributed by atoms with E-state index in [0.717, 1.165) is 44.7 Å². The molecule has 1 aromatic carbocycles. The Morgan fingerprint density at radius 3 is 2.79 bits per heavy atom. The van der Waals surface area contributed by atoms with Crippen molar-refractivity contribution < 1.29 is 14.6 Å². The zero-order valence-corrected chi connectivity index (χ0v) is 15.0. The van der Waals surface area contributed by atoms with E-state index in [9.17, 15) is 5.11 Å². The van der Waals surface area contributed by atoms with E-state index >= 15 is 0 Å². The molecule has 0 spiro atoms. The minimum absolute atomic E-state index is 0.146. The van der Waals surface area contributed by atoms with Crippen LogP contribution in [0.2, 0.25) is 0 Å². The third kappa shape index (κ3) is 4.29. The highest BCUT2D eigenvalue weighted by atomic mass is 16.5. The predicted molar refractivity (Wildman–Crippen MR) is 95.6 cm³/mol. The van der Waals surface area contributed by atoms with Gasteiger partial charge in [0.15, 0.2) is 0 Å². The summed E-state index contributed by atoms with van der Waals surface area (Å²) < 4.78 is 11.7. The number of nitrogens with zero attached hydrogens (tertiary/aromatic N) is 1. The number of ether oxygens (including phenoxy) is 2. The van der Waals surface area contributed by atoms with Crippen LogP contribution in [-0.4, -0.2) is 55.1 Å². The van der Waals surface area contributed by atoms with Gasteiger partial charge in [0.05, 0.1) is 25.9 Å². The molecule has 1 saturated heterocycles. The molecular formula is C20H31NO3. The van der Waals surface area contributed by atoms with Crippen molar-refractivity contribution in [3.05, 3.63) is 29.3 Å². The maximum absolute atomic E-state index is 9.82. The number of aryl methyl sites for hydroxylation is 1. The molecular weight excluding hydrogens is 302 g/mol. The largest absolute Gasteiger partial charge is 0.496 e. The van der Waals surface area contributed by atoms with Crippen molar-refractivity contribution in [1.29, 1.82) is 0 Å². The van der Waals surface area contributed by atoms with E-state index in [-0.39, 0.29) is 6.10 Å². The molecule has 0 aromatic heterocycles. The van der Waals surface area contributed by atoms with Crippen LogP contribution in [-0.2, 0) is 11.2 Å². The van der Waals surface area contributed by atoms with Gasteiger partial charge >= 0.3 is 0 Å². The quantitative estimate of drug-likeness (QED) is 0.869. The van der Waals surface area contributed by atoms with Crippen LogP contribution < -0.4 is 4.74 Å². The Morgan fingerprint density at radius 1 is 1.21 bits per heavy atom. The summed E-state index contributed by atoms with van der Waals surface area (Å²) in [6.45, 7) is 4.65. The van der Waals surface area contributed by atoms with Crippen molar-refractivity contribution in [3.8, 4) is 5.75 Å². The molecule has 4 heteroatoms. The van der Waals surface area contributed by atoms with E-state index in [1.54, 1.807) is 7.11 Å². The summed E-state index contributed by atoms with van der Waals surface area (Å²) in [5.41, 5.74) is 2.43. The zero-order chi connectivity index (χ0) is 16.9. The van der Waals surface area contributed by atoms with Gasteiger partial charge in [0, 0.05) is 19.1 Å². The first-order valence-corrected chi connectivity index (χ1v) is 9.34. The highest BCUT2D eigenvalue weighted by Gasteiger charge is 2.34. The summed E-state index contributed by atoms with van der Waals surface area (Å²) in [5.74, 6) is 0.953. The molecule has 4 nitrogen and oxygen atoms in total. The summed E-state index contributed by atoms with van der Waals surface area (Å²) in [6, 6.07) is 6.89. The molecule has 134 valence electrons. The Kier molecular flexibility index (Phi) is 6.14. The van der Waals surface area contributed by atoms with Crippen LogP contribution in [0, 0.1) is 6.92 Å². The second-order valence-electron chi connectivity index (χ2n) is 7.25. The van der Waals surface area contributed by atoms with Crippen molar-refractivity contribution in [2.75, 3.05) is 26.8 Å². The van der Waals surface area contributed by atoms with Crippen LogP contribution in [0.15, 0.2) is 18.2 Å². The predicted octanol–water partition coefficient (Wildman–Crippen LogP) is 2.94. The second-order valence-corrected chi connectivity index (χ2v) is 7.25. The summed E-state index contributed by atoms with van der Waals surface area (Å²) in [7, 11) is 1.72. The first-order valence-electron chi connectivity index (χ1n) is 9.34. The fraction of sp³-hybridized carbons (Fsp3) is 0.700. The molecule has 1 aliphatic carbocycles. The highest BCUT2D eigenvalue weighted by molar-refractivity contribution is 5.36. The standard InChI is InChI=1S/C20H31NO3/c1-15-7-8-16(13-20(15)23-2)10-12-24-19-6-4-3-5-18(19)21-11-9-17(22)14-21/h7-8,13,17-19,22H,3-6,9-12,14H2,1-2H3/t17-,18?,19-/m0/s1. The normalized spacial score (nSPS) is 28.2.